The van der Waals surface area contributed by atoms with Crippen molar-refractivity contribution in [2.24, 2.45) is 0 Å². The van der Waals surface area contributed by atoms with Gasteiger partial charge in [0.15, 0.2) is 13.1 Å². The molecule has 0 radical (unpaired) electrons. The minimum atomic E-state index is 0.0851. The zero-order valence-electron chi connectivity index (χ0n) is 16.0. The van der Waals surface area contributed by atoms with Crippen LogP contribution in [0, 0.1) is 0 Å². The molecule has 1 heterocycles. The number of carbonyl (C=O) groups excluding carboxylic acids is 2. The van der Waals surface area contributed by atoms with Gasteiger partial charge in [0.1, 0.15) is 6.54 Å². The van der Waals surface area contributed by atoms with Gasteiger partial charge in [0, 0.05) is 16.6 Å². The second-order valence-corrected chi connectivity index (χ2v) is 7.90. The van der Waals surface area contributed by atoms with Crippen molar-refractivity contribution >= 4 is 23.4 Å². The third-order valence-corrected chi connectivity index (χ3v) is 4.81. The fourth-order valence-electron chi connectivity index (χ4n) is 3.23. The van der Waals surface area contributed by atoms with Crippen LogP contribution in [0.1, 0.15) is 19.4 Å². The molecule has 6 nitrogen and oxygen atoms in total. The van der Waals surface area contributed by atoms with Gasteiger partial charge in [-0.2, -0.15) is 0 Å². The van der Waals surface area contributed by atoms with Gasteiger partial charge in [0.25, 0.3) is 11.8 Å². The van der Waals surface area contributed by atoms with Crippen molar-refractivity contribution < 1.29 is 19.4 Å². The molecule has 1 fully saturated rings. The van der Waals surface area contributed by atoms with Gasteiger partial charge in [-0.3, -0.25) is 9.59 Å². The van der Waals surface area contributed by atoms with E-state index < -0.39 is 0 Å². The highest BCUT2D eigenvalue weighted by molar-refractivity contribution is 6.30. The van der Waals surface area contributed by atoms with Gasteiger partial charge >= 0.3 is 0 Å². The predicted molar refractivity (Wildman–Crippen MR) is 102 cm³/mol. The van der Waals surface area contributed by atoms with E-state index >= 15 is 0 Å². The topological polar surface area (TPSA) is 58.3 Å². The van der Waals surface area contributed by atoms with Gasteiger partial charge in [-0.05, 0) is 26.0 Å². The molecule has 26 heavy (non-hydrogen) atoms. The summed E-state index contributed by atoms with van der Waals surface area (Å²) in [7, 11) is 2.03. The summed E-state index contributed by atoms with van der Waals surface area (Å²) in [4.78, 5) is 28.7. The molecule has 1 aliphatic heterocycles. The number of amides is 2. The van der Waals surface area contributed by atoms with E-state index in [4.69, 9.17) is 11.6 Å². The number of carbonyl (C=O) groups is 2. The predicted octanol–water partition coefficient (Wildman–Crippen LogP) is -1.39. The Kier molecular flexibility index (Phi) is 7.87. The van der Waals surface area contributed by atoms with Gasteiger partial charge < -0.3 is 20.0 Å². The number of nitrogens with one attached hydrogen (secondary N) is 3. The number of rotatable bonds is 7. The van der Waals surface area contributed by atoms with E-state index in [0.29, 0.717) is 13.1 Å². The lowest BCUT2D eigenvalue weighted by Gasteiger charge is -2.32. The standard InChI is InChI=1S/C19H29ClN4O2/c1-15(2)21-18(25)13-23-8-10-24(11-9-23)19(26)14-22(3)12-16-4-6-17(20)7-5-16/h4-7,15H,8-14H2,1-3H3,(H,21,25)/p+2. The SMILES string of the molecule is CC(C)NC(=O)C[NH+]1CCN(C(=O)C[NH+](C)Cc2ccc(Cl)cc2)CC1. The van der Waals surface area contributed by atoms with E-state index in [2.05, 4.69) is 5.32 Å². The van der Waals surface area contributed by atoms with Crippen LogP contribution in [-0.2, 0) is 16.1 Å². The van der Waals surface area contributed by atoms with Crippen molar-refractivity contribution in [1.82, 2.24) is 10.2 Å². The van der Waals surface area contributed by atoms with E-state index in [9.17, 15) is 9.59 Å². The highest BCUT2D eigenvalue weighted by atomic mass is 35.5. The number of hydrogen-bond donors (Lipinski definition) is 3. The van der Waals surface area contributed by atoms with Crippen molar-refractivity contribution in [3.63, 3.8) is 0 Å². The molecule has 0 saturated carbocycles. The molecule has 1 aliphatic rings. The fraction of sp³-hybridized carbons (Fsp3) is 0.579. The number of likely N-dealkylation sites (N-methyl/N-ethyl adjacent to an activating group) is 1. The van der Waals surface area contributed by atoms with Gasteiger partial charge in [-0.25, -0.2) is 0 Å². The van der Waals surface area contributed by atoms with Gasteiger partial charge in [0.2, 0.25) is 0 Å². The molecule has 1 aromatic carbocycles. The highest BCUT2D eigenvalue weighted by Gasteiger charge is 2.26. The summed E-state index contributed by atoms with van der Waals surface area (Å²) in [6, 6.07) is 7.93. The lowest BCUT2D eigenvalue weighted by molar-refractivity contribution is -0.897. The Morgan fingerprint density at radius 3 is 2.42 bits per heavy atom. The van der Waals surface area contributed by atoms with Gasteiger partial charge in [-0.15, -0.1) is 0 Å². The summed E-state index contributed by atoms with van der Waals surface area (Å²) in [5, 5.41) is 3.65. The molecule has 1 atom stereocenters. The molecule has 1 aromatic rings. The summed E-state index contributed by atoms with van der Waals surface area (Å²) in [5.74, 6) is 0.268. The molecule has 3 N–H and O–H groups in total. The quantitative estimate of drug-likeness (QED) is 0.543. The fourth-order valence-corrected chi connectivity index (χ4v) is 3.36. The van der Waals surface area contributed by atoms with Crippen LogP contribution in [0.4, 0.5) is 0 Å². The Balaban J connectivity index is 1.72. The second kappa shape index (κ2) is 9.90. The Morgan fingerprint density at radius 1 is 1.23 bits per heavy atom. The largest absolute Gasteiger partial charge is 0.349 e. The van der Waals surface area contributed by atoms with E-state index in [-0.39, 0.29) is 17.9 Å². The van der Waals surface area contributed by atoms with Crippen LogP contribution in [0.15, 0.2) is 24.3 Å². The molecule has 0 aliphatic carbocycles. The lowest BCUT2D eigenvalue weighted by Crippen LogP contribution is -3.16. The average Bonchev–Trinajstić information content (AvgIpc) is 2.56. The first-order valence-electron chi connectivity index (χ1n) is 9.30. The van der Waals surface area contributed by atoms with Crippen molar-refractivity contribution in [3.05, 3.63) is 34.9 Å². The Bertz CT molecular complexity index is 598. The molecule has 2 amide bonds. The normalized spacial score (nSPS) is 16.6. The molecule has 144 valence electrons. The van der Waals surface area contributed by atoms with Crippen molar-refractivity contribution in [2.45, 2.75) is 26.4 Å². The van der Waals surface area contributed by atoms with Crippen LogP contribution < -0.4 is 15.1 Å². The Morgan fingerprint density at radius 2 is 1.85 bits per heavy atom. The lowest BCUT2D eigenvalue weighted by atomic mass is 10.2. The maximum absolute atomic E-state index is 12.5. The average molecular weight is 383 g/mol. The molecular weight excluding hydrogens is 352 g/mol. The molecule has 1 saturated heterocycles. The summed E-state index contributed by atoms with van der Waals surface area (Å²) in [5.41, 5.74) is 1.17. The first-order chi connectivity index (χ1) is 12.3. The minimum absolute atomic E-state index is 0.0851. The maximum Gasteiger partial charge on any atom is 0.278 e. The molecular formula is C19H31ClN4O2+2. The molecule has 2 rings (SSSR count). The van der Waals surface area contributed by atoms with E-state index in [1.807, 2.05) is 50.1 Å². The Labute approximate surface area is 161 Å². The third-order valence-electron chi connectivity index (χ3n) is 4.56. The molecule has 1 unspecified atom stereocenters. The van der Waals surface area contributed by atoms with Crippen molar-refractivity contribution in [2.75, 3.05) is 46.3 Å². The minimum Gasteiger partial charge on any atom is -0.349 e. The number of piperazine rings is 1. The van der Waals surface area contributed by atoms with E-state index in [1.54, 1.807) is 0 Å². The Hall–Kier alpha value is -1.63. The third kappa shape index (κ3) is 6.94. The van der Waals surface area contributed by atoms with Crippen LogP contribution in [0.2, 0.25) is 5.02 Å². The number of nitrogens with zero attached hydrogens (tertiary/aromatic N) is 1. The van der Waals surface area contributed by atoms with E-state index in [1.165, 1.54) is 10.5 Å². The summed E-state index contributed by atoms with van der Waals surface area (Å²) in [6.07, 6.45) is 0. The van der Waals surface area contributed by atoms with Crippen LogP contribution in [0.3, 0.4) is 0 Å². The molecule has 7 heteroatoms. The van der Waals surface area contributed by atoms with E-state index in [0.717, 1.165) is 42.6 Å². The summed E-state index contributed by atoms with van der Waals surface area (Å²) < 4.78 is 0. The van der Waals surface area contributed by atoms with Gasteiger partial charge in [0.05, 0.1) is 33.2 Å². The molecule has 0 spiro atoms. The van der Waals surface area contributed by atoms with Gasteiger partial charge in [-0.1, -0.05) is 23.7 Å². The smallest absolute Gasteiger partial charge is 0.278 e. The molecule has 0 bridgehead atoms. The zero-order chi connectivity index (χ0) is 19.1. The first-order valence-corrected chi connectivity index (χ1v) is 9.67. The number of benzene rings is 1. The number of halogens is 1. The van der Waals surface area contributed by atoms with Crippen LogP contribution in [0.25, 0.3) is 0 Å². The van der Waals surface area contributed by atoms with Crippen LogP contribution >= 0.6 is 11.6 Å². The second-order valence-electron chi connectivity index (χ2n) is 7.47. The zero-order valence-corrected chi connectivity index (χ0v) is 16.7. The van der Waals surface area contributed by atoms with Crippen molar-refractivity contribution in [1.29, 1.82) is 0 Å². The number of quaternary nitrogens is 2. The number of hydrogen-bond acceptors (Lipinski definition) is 2. The highest BCUT2D eigenvalue weighted by Crippen LogP contribution is 2.08. The maximum atomic E-state index is 12.5. The summed E-state index contributed by atoms with van der Waals surface area (Å²) >= 11 is 5.91. The monoisotopic (exact) mass is 382 g/mol. The van der Waals surface area contributed by atoms with Crippen LogP contribution in [0.5, 0.6) is 0 Å². The summed E-state index contributed by atoms with van der Waals surface area (Å²) in [6.45, 7) is 8.78. The van der Waals surface area contributed by atoms with Crippen molar-refractivity contribution in [3.8, 4) is 0 Å². The molecule has 0 aromatic heterocycles. The van der Waals surface area contributed by atoms with Crippen LogP contribution in [-0.4, -0.2) is 69.1 Å². The first kappa shape index (κ1) is 20.7.